The van der Waals surface area contributed by atoms with Gasteiger partial charge < -0.3 is 14.8 Å². The van der Waals surface area contributed by atoms with Crippen LogP contribution in [0.2, 0.25) is 0 Å². The topological polar surface area (TPSA) is 84.2 Å². The molecule has 1 aliphatic heterocycles. The fourth-order valence-corrected chi connectivity index (χ4v) is 3.59. The number of nitrogens with zero attached hydrogens (tertiary/aromatic N) is 2. The molecule has 4 rings (SSSR count). The molecule has 7 heteroatoms. The van der Waals surface area contributed by atoms with Gasteiger partial charge in [-0.1, -0.05) is 12.1 Å². The van der Waals surface area contributed by atoms with Gasteiger partial charge in [-0.3, -0.25) is 4.79 Å². The number of benzene rings is 2. The van der Waals surface area contributed by atoms with E-state index in [-0.39, 0.29) is 5.91 Å². The Labute approximate surface area is 166 Å². The Hall–Kier alpha value is -3.37. The van der Waals surface area contributed by atoms with Crippen LogP contribution in [-0.4, -0.2) is 24.1 Å². The first kappa shape index (κ1) is 18.0. The highest BCUT2D eigenvalue weighted by molar-refractivity contribution is 7.14. The Kier molecular flexibility index (Phi) is 5.22. The van der Waals surface area contributed by atoms with E-state index >= 15 is 0 Å². The van der Waals surface area contributed by atoms with Gasteiger partial charge in [0.05, 0.1) is 17.3 Å². The van der Waals surface area contributed by atoms with Gasteiger partial charge in [0.1, 0.15) is 13.2 Å². The maximum Gasteiger partial charge on any atom is 0.226 e. The second-order valence-electron chi connectivity index (χ2n) is 6.25. The van der Waals surface area contributed by atoms with Crippen LogP contribution in [0, 0.1) is 11.3 Å². The molecule has 2 aromatic carbocycles. The average Bonchev–Trinajstić information content (AvgIpc) is 3.20. The Morgan fingerprint density at radius 3 is 2.71 bits per heavy atom. The lowest BCUT2D eigenvalue weighted by Crippen LogP contribution is -2.15. The van der Waals surface area contributed by atoms with Gasteiger partial charge in [-0.2, -0.15) is 5.26 Å². The molecule has 0 spiro atoms. The number of ether oxygens (including phenoxy) is 2. The largest absolute Gasteiger partial charge is 0.486 e. The number of aryl methyl sites for hydroxylation is 1. The molecule has 140 valence electrons. The highest BCUT2D eigenvalue weighted by atomic mass is 32.1. The smallest absolute Gasteiger partial charge is 0.226 e. The minimum absolute atomic E-state index is 0.0903. The zero-order valence-corrected chi connectivity index (χ0v) is 15.8. The molecule has 1 N–H and O–H groups in total. The fraction of sp³-hybridized carbons (Fsp3) is 0.190. The van der Waals surface area contributed by atoms with Crippen molar-refractivity contribution in [1.82, 2.24) is 4.98 Å². The van der Waals surface area contributed by atoms with E-state index in [4.69, 9.17) is 14.7 Å². The van der Waals surface area contributed by atoms with Crippen molar-refractivity contribution in [2.75, 3.05) is 18.5 Å². The third-order valence-corrected chi connectivity index (χ3v) is 5.07. The number of carbonyl (C=O) groups excluding carboxylic acids is 1. The number of anilines is 1. The number of carbonyl (C=O) groups is 1. The number of hydrogen-bond donors (Lipinski definition) is 1. The number of rotatable bonds is 5. The van der Waals surface area contributed by atoms with Crippen molar-refractivity contribution in [2.24, 2.45) is 0 Å². The summed E-state index contributed by atoms with van der Waals surface area (Å²) in [6.45, 7) is 1.09. The van der Waals surface area contributed by atoms with E-state index in [9.17, 15) is 4.79 Å². The van der Waals surface area contributed by atoms with Crippen LogP contribution in [0.4, 0.5) is 5.13 Å². The SMILES string of the molecule is N#Cc1ccc(CCC(=O)Nc2nc(-c3ccc4c(c3)OCCO4)cs2)cc1. The van der Waals surface area contributed by atoms with E-state index in [1.165, 1.54) is 11.3 Å². The first-order valence-corrected chi connectivity index (χ1v) is 9.74. The van der Waals surface area contributed by atoms with Crippen LogP contribution in [0.1, 0.15) is 17.5 Å². The average molecular weight is 391 g/mol. The quantitative estimate of drug-likeness (QED) is 0.710. The standard InChI is InChI=1S/C21H17N3O3S/c22-12-15-3-1-14(2-4-15)5-8-20(25)24-21-23-17(13-28-21)16-6-7-18-19(11-16)27-10-9-26-18/h1-4,6-7,11,13H,5,8-10H2,(H,23,24,25). The van der Waals surface area contributed by atoms with Gasteiger partial charge in [0, 0.05) is 17.4 Å². The highest BCUT2D eigenvalue weighted by Crippen LogP contribution is 2.35. The van der Waals surface area contributed by atoms with Crippen molar-refractivity contribution >= 4 is 22.4 Å². The molecule has 28 heavy (non-hydrogen) atoms. The molecule has 0 bridgehead atoms. The number of nitriles is 1. The van der Waals surface area contributed by atoms with Crippen LogP contribution >= 0.6 is 11.3 Å². The molecule has 6 nitrogen and oxygen atoms in total. The van der Waals surface area contributed by atoms with Crippen LogP contribution in [0.3, 0.4) is 0 Å². The number of aromatic nitrogens is 1. The maximum absolute atomic E-state index is 12.2. The molecular formula is C21H17N3O3S. The molecule has 0 radical (unpaired) electrons. The Morgan fingerprint density at radius 1 is 1.14 bits per heavy atom. The van der Waals surface area contributed by atoms with Gasteiger partial charge in [0.2, 0.25) is 5.91 Å². The van der Waals surface area contributed by atoms with Gasteiger partial charge in [-0.05, 0) is 42.3 Å². The molecule has 1 amide bonds. The summed E-state index contributed by atoms with van der Waals surface area (Å²) in [5.74, 6) is 1.36. The zero-order chi connectivity index (χ0) is 19.3. The molecule has 0 saturated heterocycles. The molecule has 0 atom stereocenters. The summed E-state index contributed by atoms with van der Waals surface area (Å²) in [6, 6.07) is 15.0. The molecule has 0 aliphatic carbocycles. The molecule has 3 aromatic rings. The maximum atomic E-state index is 12.2. The van der Waals surface area contributed by atoms with Crippen LogP contribution < -0.4 is 14.8 Å². The lowest BCUT2D eigenvalue weighted by atomic mass is 10.1. The van der Waals surface area contributed by atoms with Crippen LogP contribution in [0.5, 0.6) is 11.5 Å². The molecule has 1 aromatic heterocycles. The van der Waals surface area contributed by atoms with E-state index in [1.807, 2.05) is 35.7 Å². The summed E-state index contributed by atoms with van der Waals surface area (Å²) in [5.41, 5.74) is 3.33. The van der Waals surface area contributed by atoms with Crippen molar-refractivity contribution in [3.63, 3.8) is 0 Å². The third-order valence-electron chi connectivity index (χ3n) is 4.31. The minimum atomic E-state index is -0.0903. The van der Waals surface area contributed by atoms with E-state index in [2.05, 4.69) is 16.4 Å². The lowest BCUT2D eigenvalue weighted by molar-refractivity contribution is -0.116. The normalized spacial score (nSPS) is 12.2. The van der Waals surface area contributed by atoms with Crippen molar-refractivity contribution in [2.45, 2.75) is 12.8 Å². The van der Waals surface area contributed by atoms with Gasteiger partial charge in [0.15, 0.2) is 16.6 Å². The molecule has 2 heterocycles. The first-order chi connectivity index (χ1) is 13.7. The van der Waals surface area contributed by atoms with Crippen LogP contribution in [0.15, 0.2) is 47.8 Å². The molecule has 0 saturated carbocycles. The predicted molar refractivity (Wildman–Crippen MR) is 107 cm³/mol. The van der Waals surface area contributed by atoms with Crippen molar-refractivity contribution in [3.05, 3.63) is 59.0 Å². The summed E-state index contributed by atoms with van der Waals surface area (Å²) in [6.07, 6.45) is 0.961. The lowest BCUT2D eigenvalue weighted by Gasteiger charge is -2.18. The second kappa shape index (κ2) is 8.11. The summed E-state index contributed by atoms with van der Waals surface area (Å²) in [7, 11) is 0. The van der Waals surface area contributed by atoms with E-state index in [0.29, 0.717) is 42.5 Å². The summed E-state index contributed by atoms with van der Waals surface area (Å²) in [5, 5.41) is 14.1. The Morgan fingerprint density at radius 2 is 1.93 bits per heavy atom. The van der Waals surface area contributed by atoms with Gasteiger partial charge in [-0.15, -0.1) is 11.3 Å². The number of amides is 1. The van der Waals surface area contributed by atoms with Crippen LogP contribution in [0.25, 0.3) is 11.3 Å². The Balaban J connectivity index is 1.36. The Bertz CT molecular complexity index is 1040. The van der Waals surface area contributed by atoms with Crippen molar-refractivity contribution in [3.8, 4) is 28.8 Å². The van der Waals surface area contributed by atoms with Gasteiger partial charge in [0.25, 0.3) is 0 Å². The number of thiazole rings is 1. The van der Waals surface area contributed by atoms with E-state index < -0.39 is 0 Å². The second-order valence-corrected chi connectivity index (χ2v) is 7.11. The summed E-state index contributed by atoms with van der Waals surface area (Å²) >= 11 is 1.39. The molecule has 0 fully saturated rings. The van der Waals surface area contributed by atoms with E-state index in [1.54, 1.807) is 12.1 Å². The van der Waals surface area contributed by atoms with Crippen LogP contribution in [-0.2, 0) is 11.2 Å². The molecule has 0 unspecified atom stereocenters. The monoisotopic (exact) mass is 391 g/mol. The van der Waals surface area contributed by atoms with Crippen molar-refractivity contribution < 1.29 is 14.3 Å². The first-order valence-electron chi connectivity index (χ1n) is 8.86. The van der Waals surface area contributed by atoms with Crippen molar-refractivity contribution in [1.29, 1.82) is 5.26 Å². The van der Waals surface area contributed by atoms with Gasteiger partial charge in [-0.25, -0.2) is 4.98 Å². The zero-order valence-electron chi connectivity index (χ0n) is 15.0. The number of nitrogens with one attached hydrogen (secondary N) is 1. The number of fused-ring (bicyclic) bond motifs is 1. The minimum Gasteiger partial charge on any atom is -0.486 e. The predicted octanol–water partition coefficient (Wildman–Crippen LogP) is 4.02. The summed E-state index contributed by atoms with van der Waals surface area (Å²) in [4.78, 5) is 16.7. The highest BCUT2D eigenvalue weighted by Gasteiger charge is 2.14. The van der Waals surface area contributed by atoms with E-state index in [0.717, 1.165) is 22.6 Å². The molecule has 1 aliphatic rings. The third kappa shape index (κ3) is 4.13. The summed E-state index contributed by atoms with van der Waals surface area (Å²) < 4.78 is 11.1. The fourth-order valence-electron chi connectivity index (χ4n) is 2.85. The molecular weight excluding hydrogens is 374 g/mol. The van der Waals surface area contributed by atoms with Gasteiger partial charge >= 0.3 is 0 Å². The number of hydrogen-bond acceptors (Lipinski definition) is 6.